The largest absolute Gasteiger partial charge is 0.311 e. The molecule has 2 aliphatic rings. The molecule has 1 heterocycles. The average Bonchev–Trinajstić information content (AvgIpc) is 3.19. The van der Waals surface area contributed by atoms with Gasteiger partial charge in [0.15, 0.2) is 0 Å². The van der Waals surface area contributed by atoms with Crippen LogP contribution in [-0.2, 0) is 0 Å². The summed E-state index contributed by atoms with van der Waals surface area (Å²) < 4.78 is 0. The molecule has 2 fully saturated rings. The monoisotopic (exact) mass is 248 g/mol. The first-order valence-electron chi connectivity index (χ1n) is 7.60. The number of rotatable bonds is 5. The second-order valence-electron chi connectivity index (χ2n) is 6.33. The summed E-state index contributed by atoms with van der Waals surface area (Å²) in [5.41, 5.74) is 0. The summed E-state index contributed by atoms with van der Waals surface area (Å²) in [6.07, 6.45) is 10.5. The van der Waals surface area contributed by atoms with Crippen molar-refractivity contribution in [3.63, 3.8) is 0 Å². The van der Waals surface area contributed by atoms with Crippen LogP contribution in [0.15, 0.2) is 0 Å². The number of nitrogens with zero attached hydrogens (tertiary/aromatic N) is 1. The Morgan fingerprint density at radius 3 is 2.61 bits per heavy atom. The van der Waals surface area contributed by atoms with Gasteiger partial charge in [-0.3, -0.25) is 4.90 Å². The number of nitrogens with one attached hydrogen (secondary N) is 1. The molecule has 1 saturated carbocycles. The lowest BCUT2D eigenvalue weighted by molar-refractivity contribution is 0.0506. The fourth-order valence-corrected chi connectivity index (χ4v) is 3.30. The van der Waals surface area contributed by atoms with E-state index < -0.39 is 0 Å². The van der Waals surface area contributed by atoms with Crippen LogP contribution in [0.25, 0.3) is 0 Å². The maximum atomic E-state index is 5.55. The molecule has 2 heteroatoms. The minimum Gasteiger partial charge on any atom is -0.311 e. The van der Waals surface area contributed by atoms with E-state index in [4.69, 9.17) is 6.42 Å². The zero-order valence-electron chi connectivity index (χ0n) is 12.2. The van der Waals surface area contributed by atoms with Crippen molar-refractivity contribution in [2.75, 3.05) is 13.1 Å². The van der Waals surface area contributed by atoms with E-state index in [1.54, 1.807) is 0 Å². The maximum absolute atomic E-state index is 5.55. The van der Waals surface area contributed by atoms with Crippen LogP contribution in [-0.4, -0.2) is 36.1 Å². The van der Waals surface area contributed by atoms with Gasteiger partial charge < -0.3 is 5.32 Å². The Hall–Kier alpha value is -0.520. The van der Waals surface area contributed by atoms with Crippen LogP contribution in [0.1, 0.15) is 46.5 Å². The Morgan fingerprint density at radius 2 is 2.11 bits per heavy atom. The lowest BCUT2D eigenvalue weighted by atomic mass is 9.93. The van der Waals surface area contributed by atoms with Crippen molar-refractivity contribution in [3.8, 4) is 12.3 Å². The molecule has 0 aromatic rings. The van der Waals surface area contributed by atoms with Crippen molar-refractivity contribution in [1.29, 1.82) is 0 Å². The fourth-order valence-electron chi connectivity index (χ4n) is 3.30. The minimum absolute atomic E-state index is 0.575. The molecular weight excluding hydrogens is 220 g/mol. The molecule has 1 N–H and O–H groups in total. The van der Waals surface area contributed by atoms with Gasteiger partial charge in [-0.15, -0.1) is 12.3 Å². The maximum Gasteiger partial charge on any atom is 0.0247 e. The third-order valence-corrected chi connectivity index (χ3v) is 4.68. The van der Waals surface area contributed by atoms with E-state index in [1.165, 1.54) is 25.8 Å². The summed E-state index contributed by atoms with van der Waals surface area (Å²) in [4.78, 5) is 2.71. The quantitative estimate of drug-likeness (QED) is 0.752. The van der Waals surface area contributed by atoms with E-state index in [0.29, 0.717) is 24.0 Å². The molecule has 2 rings (SSSR count). The lowest BCUT2D eigenvalue weighted by Crippen LogP contribution is -2.61. The Morgan fingerprint density at radius 1 is 1.39 bits per heavy atom. The Bertz CT molecular complexity index is 301. The molecule has 3 atom stereocenters. The second kappa shape index (κ2) is 6.08. The van der Waals surface area contributed by atoms with Crippen LogP contribution in [0, 0.1) is 24.2 Å². The summed E-state index contributed by atoms with van der Waals surface area (Å²) in [5.74, 6) is 4.51. The summed E-state index contributed by atoms with van der Waals surface area (Å²) in [7, 11) is 0. The topological polar surface area (TPSA) is 15.3 Å². The van der Waals surface area contributed by atoms with Gasteiger partial charge in [0.25, 0.3) is 0 Å². The van der Waals surface area contributed by atoms with Gasteiger partial charge in [0.05, 0.1) is 0 Å². The molecule has 1 saturated heterocycles. The van der Waals surface area contributed by atoms with E-state index in [-0.39, 0.29) is 0 Å². The van der Waals surface area contributed by atoms with E-state index in [2.05, 4.69) is 36.9 Å². The standard InChI is InChI=1S/C16H28N2/c1-5-7-14(6-2)18-11-15(13-8-9-13)17-10-16(18)12(3)4/h1,12-17H,6-11H2,2-4H3. The molecule has 102 valence electrons. The molecular formula is C16H28N2. The molecule has 1 aliphatic carbocycles. The first kappa shape index (κ1) is 13.9. The fraction of sp³-hybridized carbons (Fsp3) is 0.875. The predicted molar refractivity (Wildman–Crippen MR) is 77.4 cm³/mol. The van der Waals surface area contributed by atoms with Crippen LogP contribution in [0.2, 0.25) is 0 Å². The Balaban J connectivity index is 2.05. The van der Waals surface area contributed by atoms with Crippen molar-refractivity contribution in [2.45, 2.75) is 64.6 Å². The van der Waals surface area contributed by atoms with E-state index in [9.17, 15) is 0 Å². The zero-order valence-corrected chi connectivity index (χ0v) is 12.2. The minimum atomic E-state index is 0.575. The molecule has 18 heavy (non-hydrogen) atoms. The van der Waals surface area contributed by atoms with Crippen molar-refractivity contribution in [2.24, 2.45) is 11.8 Å². The van der Waals surface area contributed by atoms with Gasteiger partial charge >= 0.3 is 0 Å². The van der Waals surface area contributed by atoms with E-state index in [1.807, 2.05) is 0 Å². The van der Waals surface area contributed by atoms with Crippen molar-refractivity contribution >= 4 is 0 Å². The van der Waals surface area contributed by atoms with Gasteiger partial charge in [0, 0.05) is 37.6 Å². The number of hydrogen-bond donors (Lipinski definition) is 1. The van der Waals surface area contributed by atoms with Crippen LogP contribution < -0.4 is 5.32 Å². The van der Waals surface area contributed by atoms with E-state index >= 15 is 0 Å². The average molecular weight is 248 g/mol. The summed E-state index contributed by atoms with van der Waals surface area (Å²) in [6, 6.07) is 1.94. The number of piperazine rings is 1. The summed E-state index contributed by atoms with van der Waals surface area (Å²) in [6.45, 7) is 9.28. The molecule has 0 spiro atoms. The smallest absolute Gasteiger partial charge is 0.0247 e. The third-order valence-electron chi connectivity index (χ3n) is 4.68. The van der Waals surface area contributed by atoms with Gasteiger partial charge in [-0.05, 0) is 31.1 Å². The molecule has 3 unspecified atom stereocenters. The van der Waals surface area contributed by atoms with Gasteiger partial charge in [-0.1, -0.05) is 20.8 Å². The highest BCUT2D eigenvalue weighted by molar-refractivity contribution is 4.99. The number of hydrogen-bond acceptors (Lipinski definition) is 2. The highest BCUT2D eigenvalue weighted by Crippen LogP contribution is 2.35. The van der Waals surface area contributed by atoms with Gasteiger partial charge in [-0.2, -0.15) is 0 Å². The van der Waals surface area contributed by atoms with Gasteiger partial charge in [-0.25, -0.2) is 0 Å². The van der Waals surface area contributed by atoms with E-state index in [0.717, 1.165) is 18.9 Å². The molecule has 0 bridgehead atoms. The highest BCUT2D eigenvalue weighted by Gasteiger charge is 2.39. The third kappa shape index (κ3) is 3.08. The molecule has 0 aromatic heterocycles. The zero-order chi connectivity index (χ0) is 13.1. The van der Waals surface area contributed by atoms with Crippen LogP contribution in [0.3, 0.4) is 0 Å². The van der Waals surface area contributed by atoms with Gasteiger partial charge in [0.2, 0.25) is 0 Å². The van der Waals surface area contributed by atoms with Crippen molar-refractivity contribution < 1.29 is 0 Å². The predicted octanol–water partition coefficient (Wildman–Crippen LogP) is 2.50. The molecule has 0 aromatic carbocycles. The first-order chi connectivity index (χ1) is 8.67. The van der Waals surface area contributed by atoms with Crippen LogP contribution in [0.4, 0.5) is 0 Å². The van der Waals surface area contributed by atoms with Crippen LogP contribution in [0.5, 0.6) is 0 Å². The summed E-state index contributed by atoms with van der Waals surface area (Å²) >= 11 is 0. The Labute approximate surface area is 113 Å². The SMILES string of the molecule is C#CCC(CC)N1CC(C2CC2)NCC1C(C)C. The number of terminal acetylenes is 1. The highest BCUT2D eigenvalue weighted by atomic mass is 15.3. The van der Waals surface area contributed by atoms with Crippen molar-refractivity contribution in [3.05, 3.63) is 0 Å². The Kier molecular flexibility index (Phi) is 4.70. The normalized spacial score (nSPS) is 31.3. The molecule has 2 nitrogen and oxygen atoms in total. The lowest BCUT2D eigenvalue weighted by Gasteiger charge is -2.46. The second-order valence-corrected chi connectivity index (χ2v) is 6.33. The molecule has 1 aliphatic heterocycles. The first-order valence-corrected chi connectivity index (χ1v) is 7.60. The van der Waals surface area contributed by atoms with Crippen LogP contribution >= 0.6 is 0 Å². The molecule has 0 radical (unpaired) electrons. The van der Waals surface area contributed by atoms with Gasteiger partial charge in [0.1, 0.15) is 0 Å². The summed E-state index contributed by atoms with van der Waals surface area (Å²) in [5, 5.41) is 3.77. The molecule has 0 amide bonds. The van der Waals surface area contributed by atoms with Crippen molar-refractivity contribution in [1.82, 2.24) is 10.2 Å².